The van der Waals surface area contributed by atoms with Gasteiger partial charge in [-0.2, -0.15) is 0 Å². The second kappa shape index (κ2) is 5.06. The molecular formula is C16H17N3O. The molecular weight excluding hydrogens is 250 g/mol. The summed E-state index contributed by atoms with van der Waals surface area (Å²) in [5, 5.41) is 10.6. The highest BCUT2D eigenvalue weighted by atomic mass is 16.3. The van der Waals surface area contributed by atoms with E-state index in [1.165, 1.54) is 0 Å². The summed E-state index contributed by atoms with van der Waals surface area (Å²) in [6.07, 6.45) is 3.74. The Morgan fingerprint density at radius 1 is 1.30 bits per heavy atom. The second-order valence-corrected chi connectivity index (χ2v) is 4.83. The fourth-order valence-electron chi connectivity index (χ4n) is 2.52. The predicted molar refractivity (Wildman–Crippen MR) is 79.3 cm³/mol. The first-order valence-corrected chi connectivity index (χ1v) is 6.76. The SMILES string of the molecule is CCn1ccnc1-c1cc(C)c2cccc(CO)c2n1. The Morgan fingerprint density at radius 3 is 2.90 bits per heavy atom. The van der Waals surface area contributed by atoms with Crippen LogP contribution in [0.1, 0.15) is 18.1 Å². The van der Waals surface area contributed by atoms with Gasteiger partial charge in [0.05, 0.1) is 12.1 Å². The largest absolute Gasteiger partial charge is 0.392 e. The lowest BCUT2D eigenvalue weighted by atomic mass is 10.0. The number of imidazole rings is 1. The molecule has 0 saturated heterocycles. The molecule has 20 heavy (non-hydrogen) atoms. The molecule has 0 aliphatic carbocycles. The third kappa shape index (κ3) is 1.98. The van der Waals surface area contributed by atoms with Gasteiger partial charge < -0.3 is 9.67 Å². The Bertz CT molecular complexity index is 762. The molecule has 0 amide bonds. The van der Waals surface area contributed by atoms with Gasteiger partial charge in [-0.25, -0.2) is 9.97 Å². The van der Waals surface area contributed by atoms with Crippen molar-refractivity contribution in [3.63, 3.8) is 0 Å². The molecule has 4 nitrogen and oxygen atoms in total. The van der Waals surface area contributed by atoms with Crippen LogP contribution in [0.3, 0.4) is 0 Å². The van der Waals surface area contributed by atoms with Gasteiger partial charge in [0.15, 0.2) is 5.82 Å². The van der Waals surface area contributed by atoms with E-state index in [4.69, 9.17) is 4.98 Å². The molecule has 0 bridgehead atoms. The van der Waals surface area contributed by atoms with E-state index in [1.54, 1.807) is 6.20 Å². The summed E-state index contributed by atoms with van der Waals surface area (Å²) >= 11 is 0. The van der Waals surface area contributed by atoms with Gasteiger partial charge >= 0.3 is 0 Å². The van der Waals surface area contributed by atoms with E-state index in [0.717, 1.165) is 40.1 Å². The van der Waals surface area contributed by atoms with Crippen LogP contribution in [0.4, 0.5) is 0 Å². The molecule has 3 aromatic rings. The third-order valence-electron chi connectivity index (χ3n) is 3.59. The summed E-state index contributed by atoms with van der Waals surface area (Å²) in [6, 6.07) is 7.95. The van der Waals surface area contributed by atoms with Crippen molar-refractivity contribution in [1.82, 2.24) is 14.5 Å². The van der Waals surface area contributed by atoms with Crippen molar-refractivity contribution in [3.05, 3.63) is 47.8 Å². The van der Waals surface area contributed by atoms with E-state index in [2.05, 4.69) is 29.5 Å². The first-order chi connectivity index (χ1) is 9.74. The van der Waals surface area contributed by atoms with E-state index in [1.807, 2.05) is 24.4 Å². The van der Waals surface area contributed by atoms with Gasteiger partial charge in [0.1, 0.15) is 5.69 Å². The number of aryl methyl sites for hydroxylation is 2. The minimum atomic E-state index is -0.00451. The lowest BCUT2D eigenvalue weighted by Gasteiger charge is -2.10. The third-order valence-corrected chi connectivity index (χ3v) is 3.59. The lowest BCUT2D eigenvalue weighted by molar-refractivity contribution is 0.283. The van der Waals surface area contributed by atoms with Gasteiger partial charge in [-0.3, -0.25) is 0 Å². The zero-order valence-electron chi connectivity index (χ0n) is 11.7. The molecule has 4 heteroatoms. The molecule has 0 atom stereocenters. The van der Waals surface area contributed by atoms with Crippen molar-refractivity contribution in [2.24, 2.45) is 0 Å². The van der Waals surface area contributed by atoms with Crippen LogP contribution in [-0.4, -0.2) is 19.6 Å². The van der Waals surface area contributed by atoms with Crippen LogP contribution in [-0.2, 0) is 13.2 Å². The molecule has 3 rings (SSSR count). The van der Waals surface area contributed by atoms with E-state index in [-0.39, 0.29) is 6.61 Å². The number of hydrogen-bond acceptors (Lipinski definition) is 3. The highest BCUT2D eigenvalue weighted by Gasteiger charge is 2.11. The minimum Gasteiger partial charge on any atom is -0.392 e. The molecule has 0 aliphatic heterocycles. The molecule has 1 aromatic carbocycles. The van der Waals surface area contributed by atoms with Crippen LogP contribution >= 0.6 is 0 Å². The van der Waals surface area contributed by atoms with Gasteiger partial charge in [0.2, 0.25) is 0 Å². The average molecular weight is 267 g/mol. The molecule has 0 unspecified atom stereocenters. The van der Waals surface area contributed by atoms with Gasteiger partial charge in [-0.1, -0.05) is 18.2 Å². The van der Waals surface area contributed by atoms with Crippen LogP contribution in [0.15, 0.2) is 36.7 Å². The van der Waals surface area contributed by atoms with Crippen LogP contribution in [0.5, 0.6) is 0 Å². The zero-order chi connectivity index (χ0) is 14.1. The molecule has 102 valence electrons. The van der Waals surface area contributed by atoms with Crippen molar-refractivity contribution in [2.75, 3.05) is 0 Å². The van der Waals surface area contributed by atoms with Crippen molar-refractivity contribution in [2.45, 2.75) is 27.0 Å². The normalized spacial score (nSPS) is 11.2. The Morgan fingerprint density at radius 2 is 2.15 bits per heavy atom. The van der Waals surface area contributed by atoms with Gasteiger partial charge in [0, 0.05) is 29.9 Å². The maximum absolute atomic E-state index is 9.49. The summed E-state index contributed by atoms with van der Waals surface area (Å²) in [7, 11) is 0. The highest BCUT2D eigenvalue weighted by molar-refractivity contribution is 5.86. The van der Waals surface area contributed by atoms with Gasteiger partial charge in [0.25, 0.3) is 0 Å². The topological polar surface area (TPSA) is 50.9 Å². The number of rotatable bonds is 3. The molecule has 2 heterocycles. The standard InChI is InChI=1S/C16H17N3O/c1-3-19-8-7-17-16(19)14-9-11(2)13-6-4-5-12(10-20)15(13)18-14/h4-9,20H,3,10H2,1-2H3. The Hall–Kier alpha value is -2.20. The van der Waals surface area contributed by atoms with Crippen molar-refractivity contribution in [3.8, 4) is 11.5 Å². The number of benzene rings is 1. The monoisotopic (exact) mass is 267 g/mol. The summed E-state index contributed by atoms with van der Waals surface area (Å²) in [5.41, 5.74) is 3.70. The highest BCUT2D eigenvalue weighted by Crippen LogP contribution is 2.25. The van der Waals surface area contributed by atoms with Crippen molar-refractivity contribution >= 4 is 10.9 Å². The number of fused-ring (bicyclic) bond motifs is 1. The molecule has 0 aliphatic rings. The first kappa shape index (κ1) is 12.8. The molecule has 0 fully saturated rings. The summed E-state index contributed by atoms with van der Waals surface area (Å²) in [6.45, 7) is 5.00. The quantitative estimate of drug-likeness (QED) is 0.793. The van der Waals surface area contributed by atoms with Crippen LogP contribution in [0.2, 0.25) is 0 Å². The number of nitrogens with zero attached hydrogens (tertiary/aromatic N) is 3. The summed E-state index contributed by atoms with van der Waals surface area (Å²) < 4.78 is 2.06. The first-order valence-electron chi connectivity index (χ1n) is 6.76. The van der Waals surface area contributed by atoms with E-state index < -0.39 is 0 Å². The van der Waals surface area contributed by atoms with Crippen molar-refractivity contribution < 1.29 is 5.11 Å². The van der Waals surface area contributed by atoms with E-state index in [9.17, 15) is 5.11 Å². The summed E-state index contributed by atoms with van der Waals surface area (Å²) in [5.74, 6) is 0.866. The number of hydrogen-bond donors (Lipinski definition) is 1. The lowest BCUT2D eigenvalue weighted by Crippen LogP contribution is -2.00. The molecule has 0 radical (unpaired) electrons. The second-order valence-electron chi connectivity index (χ2n) is 4.83. The van der Waals surface area contributed by atoms with E-state index in [0.29, 0.717) is 0 Å². The minimum absolute atomic E-state index is 0.00451. The fraction of sp³-hybridized carbons (Fsp3) is 0.250. The van der Waals surface area contributed by atoms with Crippen LogP contribution < -0.4 is 0 Å². The maximum Gasteiger partial charge on any atom is 0.158 e. The number of aromatic nitrogens is 3. The average Bonchev–Trinajstić information content (AvgIpc) is 2.95. The number of para-hydroxylation sites is 1. The van der Waals surface area contributed by atoms with Crippen LogP contribution in [0.25, 0.3) is 22.4 Å². The Labute approximate surface area is 117 Å². The number of aliphatic hydroxyl groups excluding tert-OH is 1. The zero-order valence-corrected chi connectivity index (χ0v) is 11.7. The number of pyridine rings is 1. The molecule has 0 saturated carbocycles. The maximum atomic E-state index is 9.49. The Kier molecular flexibility index (Phi) is 3.24. The smallest absolute Gasteiger partial charge is 0.158 e. The fourth-order valence-corrected chi connectivity index (χ4v) is 2.52. The van der Waals surface area contributed by atoms with Crippen molar-refractivity contribution in [1.29, 1.82) is 0 Å². The predicted octanol–water partition coefficient (Wildman–Crippen LogP) is 2.92. The number of aliphatic hydroxyl groups is 1. The molecule has 0 spiro atoms. The molecule has 2 aromatic heterocycles. The summed E-state index contributed by atoms with van der Waals surface area (Å²) in [4.78, 5) is 9.11. The van der Waals surface area contributed by atoms with Gasteiger partial charge in [-0.05, 0) is 25.5 Å². The Balaban J connectivity index is 2.28. The van der Waals surface area contributed by atoms with Crippen LogP contribution in [0, 0.1) is 6.92 Å². The van der Waals surface area contributed by atoms with E-state index >= 15 is 0 Å². The van der Waals surface area contributed by atoms with Gasteiger partial charge in [-0.15, -0.1) is 0 Å². The molecule has 1 N–H and O–H groups in total.